The Hall–Kier alpha value is -2.43. The number of hydrogen-bond donors (Lipinski definition) is 0. The van der Waals surface area contributed by atoms with Gasteiger partial charge in [-0.3, -0.25) is 19.2 Å². The maximum atomic E-state index is 12.9. The molecule has 0 aliphatic carbocycles. The topological polar surface area (TPSA) is 80.3 Å². The lowest BCUT2D eigenvalue weighted by molar-refractivity contribution is -0.121. The molecule has 0 N–H and O–H groups in total. The van der Waals surface area contributed by atoms with Crippen LogP contribution in [0.5, 0.6) is 5.75 Å². The molecule has 7 nitrogen and oxygen atoms in total. The van der Waals surface area contributed by atoms with Crippen molar-refractivity contribution in [1.82, 2.24) is 9.36 Å². The second kappa shape index (κ2) is 6.38. The molecule has 2 aliphatic rings. The minimum atomic E-state index is -0.327. The highest BCUT2D eigenvalue weighted by Gasteiger charge is 2.29. The van der Waals surface area contributed by atoms with Crippen molar-refractivity contribution in [3.8, 4) is 22.9 Å². The fourth-order valence-corrected chi connectivity index (χ4v) is 4.02. The number of rotatable bonds is 2. The summed E-state index contributed by atoms with van der Waals surface area (Å²) in [6, 6.07) is 5.12. The van der Waals surface area contributed by atoms with Crippen LogP contribution in [0.4, 0.5) is 5.69 Å². The lowest BCUT2D eigenvalue weighted by Gasteiger charge is -2.28. The van der Waals surface area contributed by atoms with Crippen LogP contribution in [0.3, 0.4) is 0 Å². The van der Waals surface area contributed by atoms with Gasteiger partial charge in [-0.2, -0.15) is 5.26 Å². The summed E-state index contributed by atoms with van der Waals surface area (Å²) in [7, 11) is 0. The molecule has 134 valence electrons. The van der Waals surface area contributed by atoms with Gasteiger partial charge in [0.2, 0.25) is 0 Å². The van der Waals surface area contributed by atoms with E-state index in [0.29, 0.717) is 45.8 Å². The number of hydrogen-bond acceptors (Lipinski definition) is 4. The molecule has 4 rings (SSSR count). The Bertz CT molecular complexity index is 1020. The molecular formula is C17H14Cl2N4O3. The maximum absolute atomic E-state index is 12.9. The molecule has 2 aliphatic heterocycles. The van der Waals surface area contributed by atoms with E-state index in [1.807, 2.05) is 6.07 Å². The van der Waals surface area contributed by atoms with E-state index in [0.717, 1.165) is 12.8 Å². The standard InChI is InChI=1S/C17H14Cl2N4O3/c18-11-8-13-12(21(6-3-20)14(24)9-26-13)7-10(11)15-16(19)22-4-1-2-5-23(22)17(15)25/h7-8H,1-2,4-6,9H2. The Kier molecular flexibility index (Phi) is 4.17. The summed E-state index contributed by atoms with van der Waals surface area (Å²) in [6.45, 7) is 0.992. The van der Waals surface area contributed by atoms with Crippen molar-refractivity contribution >= 4 is 34.8 Å². The van der Waals surface area contributed by atoms with Gasteiger partial charge in [0.25, 0.3) is 11.5 Å². The molecule has 1 amide bonds. The van der Waals surface area contributed by atoms with Gasteiger partial charge >= 0.3 is 0 Å². The first-order chi connectivity index (χ1) is 12.5. The highest BCUT2D eigenvalue weighted by atomic mass is 35.5. The molecule has 0 fully saturated rings. The molecule has 0 saturated carbocycles. The van der Waals surface area contributed by atoms with Crippen molar-refractivity contribution in [1.29, 1.82) is 5.26 Å². The van der Waals surface area contributed by atoms with E-state index in [1.54, 1.807) is 21.5 Å². The number of carbonyl (C=O) groups excluding carboxylic acids is 1. The fourth-order valence-electron chi connectivity index (χ4n) is 3.41. The van der Waals surface area contributed by atoms with Crippen molar-refractivity contribution in [2.45, 2.75) is 25.9 Å². The third-order valence-electron chi connectivity index (χ3n) is 4.65. The molecule has 0 bridgehead atoms. The number of fused-ring (bicyclic) bond motifs is 2. The van der Waals surface area contributed by atoms with Crippen molar-refractivity contribution in [3.05, 3.63) is 32.7 Å². The molecule has 0 saturated heterocycles. The Balaban J connectivity index is 1.92. The molecule has 2 aromatic rings. The van der Waals surface area contributed by atoms with Gasteiger partial charge in [-0.05, 0) is 18.9 Å². The van der Waals surface area contributed by atoms with Crippen LogP contribution in [0.2, 0.25) is 10.2 Å². The van der Waals surface area contributed by atoms with Crippen LogP contribution in [-0.4, -0.2) is 28.4 Å². The molecule has 1 aromatic carbocycles. The second-order valence-electron chi connectivity index (χ2n) is 6.15. The number of halogens is 2. The lowest BCUT2D eigenvalue weighted by Crippen LogP contribution is -2.39. The van der Waals surface area contributed by atoms with E-state index in [9.17, 15) is 9.59 Å². The van der Waals surface area contributed by atoms with Gasteiger partial charge in [0.05, 0.1) is 22.3 Å². The number of nitrogens with zero attached hydrogens (tertiary/aromatic N) is 4. The molecule has 0 atom stereocenters. The molecule has 1 aromatic heterocycles. The third kappa shape index (κ3) is 2.49. The number of ether oxygens (including phenoxy) is 1. The first-order valence-corrected chi connectivity index (χ1v) is 8.91. The summed E-state index contributed by atoms with van der Waals surface area (Å²) in [5, 5.41) is 9.64. The van der Waals surface area contributed by atoms with Gasteiger partial charge < -0.3 is 4.74 Å². The van der Waals surface area contributed by atoms with Crippen LogP contribution >= 0.6 is 23.2 Å². The molecule has 0 unspecified atom stereocenters. The predicted octanol–water partition coefficient (Wildman–Crippen LogP) is 2.67. The average molecular weight is 393 g/mol. The molecule has 0 radical (unpaired) electrons. The molecular weight excluding hydrogens is 379 g/mol. The molecule has 26 heavy (non-hydrogen) atoms. The van der Waals surface area contributed by atoms with Gasteiger partial charge in [-0.15, -0.1) is 0 Å². The van der Waals surface area contributed by atoms with Crippen molar-refractivity contribution in [3.63, 3.8) is 0 Å². The first kappa shape index (κ1) is 17.0. The highest BCUT2D eigenvalue weighted by Crippen LogP contribution is 2.41. The van der Waals surface area contributed by atoms with Crippen LogP contribution in [0, 0.1) is 11.3 Å². The van der Waals surface area contributed by atoms with Gasteiger partial charge in [0.1, 0.15) is 17.4 Å². The molecule has 0 spiro atoms. The Morgan fingerprint density at radius 1 is 1.15 bits per heavy atom. The van der Waals surface area contributed by atoms with Gasteiger partial charge in [-0.25, -0.2) is 4.68 Å². The van der Waals surface area contributed by atoms with Gasteiger partial charge in [0.15, 0.2) is 6.61 Å². The summed E-state index contributed by atoms with van der Waals surface area (Å²) in [6.07, 6.45) is 1.86. The van der Waals surface area contributed by atoms with E-state index >= 15 is 0 Å². The monoisotopic (exact) mass is 392 g/mol. The van der Waals surface area contributed by atoms with Crippen LogP contribution < -0.4 is 15.2 Å². The summed E-state index contributed by atoms with van der Waals surface area (Å²) >= 11 is 12.9. The maximum Gasteiger partial charge on any atom is 0.276 e. The van der Waals surface area contributed by atoms with Gasteiger partial charge in [-0.1, -0.05) is 23.2 Å². The second-order valence-corrected chi connectivity index (χ2v) is 6.92. The minimum absolute atomic E-state index is 0.116. The molecule has 3 heterocycles. The SMILES string of the molecule is N#CCN1C(=O)COc2cc(Cl)c(-c3c(Cl)n4n(c3=O)CCCC4)cc21. The zero-order valence-corrected chi connectivity index (χ0v) is 15.2. The lowest BCUT2D eigenvalue weighted by atomic mass is 10.1. The van der Waals surface area contributed by atoms with E-state index in [2.05, 4.69) is 0 Å². The quantitative estimate of drug-likeness (QED) is 0.735. The summed E-state index contributed by atoms with van der Waals surface area (Å²) in [5.74, 6) is 0.0695. The Morgan fingerprint density at radius 3 is 2.58 bits per heavy atom. The predicted molar refractivity (Wildman–Crippen MR) is 96.8 cm³/mol. The summed E-state index contributed by atoms with van der Waals surface area (Å²) in [4.78, 5) is 26.3. The Morgan fingerprint density at radius 2 is 1.88 bits per heavy atom. The van der Waals surface area contributed by atoms with Crippen LogP contribution in [0.1, 0.15) is 12.8 Å². The number of carbonyl (C=O) groups is 1. The van der Waals surface area contributed by atoms with Crippen LogP contribution in [0.15, 0.2) is 16.9 Å². The smallest absolute Gasteiger partial charge is 0.276 e. The van der Waals surface area contributed by atoms with Gasteiger partial charge in [0, 0.05) is 24.7 Å². The van der Waals surface area contributed by atoms with E-state index in [1.165, 1.54) is 4.90 Å². The normalized spacial score (nSPS) is 15.9. The summed E-state index contributed by atoms with van der Waals surface area (Å²) < 4.78 is 8.79. The van der Waals surface area contributed by atoms with Crippen molar-refractivity contribution < 1.29 is 9.53 Å². The number of nitriles is 1. The fraction of sp³-hybridized carbons (Fsp3) is 0.353. The van der Waals surface area contributed by atoms with E-state index in [-0.39, 0.29) is 24.6 Å². The number of anilines is 1. The molecule has 9 heteroatoms. The average Bonchev–Trinajstić information content (AvgIpc) is 2.89. The minimum Gasteiger partial charge on any atom is -0.482 e. The third-order valence-corrected chi connectivity index (χ3v) is 5.35. The number of amides is 1. The van der Waals surface area contributed by atoms with Crippen molar-refractivity contribution in [2.75, 3.05) is 18.1 Å². The Labute approximate surface area is 158 Å². The largest absolute Gasteiger partial charge is 0.482 e. The zero-order chi connectivity index (χ0) is 18.4. The van der Waals surface area contributed by atoms with E-state index < -0.39 is 0 Å². The highest BCUT2D eigenvalue weighted by molar-refractivity contribution is 6.36. The number of aromatic nitrogens is 2. The van der Waals surface area contributed by atoms with Crippen LogP contribution in [0.25, 0.3) is 11.1 Å². The van der Waals surface area contributed by atoms with Crippen LogP contribution in [-0.2, 0) is 17.9 Å². The van der Waals surface area contributed by atoms with Crippen molar-refractivity contribution in [2.24, 2.45) is 0 Å². The summed E-state index contributed by atoms with van der Waals surface area (Å²) in [5.41, 5.74) is 0.922. The van der Waals surface area contributed by atoms with E-state index in [4.69, 9.17) is 33.2 Å². The number of benzene rings is 1. The first-order valence-electron chi connectivity index (χ1n) is 8.16. The zero-order valence-electron chi connectivity index (χ0n) is 13.7.